The van der Waals surface area contributed by atoms with Crippen molar-refractivity contribution in [1.29, 1.82) is 0 Å². The number of nitrogens with zero attached hydrogens (tertiary/aromatic N) is 1. The van der Waals surface area contributed by atoms with E-state index in [4.69, 9.17) is 0 Å². The highest BCUT2D eigenvalue weighted by atomic mass is 15.2. The van der Waals surface area contributed by atoms with Crippen molar-refractivity contribution >= 4 is 0 Å². The largest absolute Gasteiger partial charge is 0.314 e. The summed E-state index contributed by atoms with van der Waals surface area (Å²) in [6.07, 6.45) is 8.52. The van der Waals surface area contributed by atoms with Crippen LogP contribution in [0.15, 0.2) is 0 Å². The molecule has 1 N–H and O–H groups in total. The highest BCUT2D eigenvalue weighted by molar-refractivity contribution is 4.88. The van der Waals surface area contributed by atoms with E-state index in [9.17, 15) is 0 Å². The molecular weight excluding hydrogens is 220 g/mol. The van der Waals surface area contributed by atoms with E-state index in [2.05, 4.69) is 31.0 Å². The summed E-state index contributed by atoms with van der Waals surface area (Å²) in [6, 6.07) is 1.51. The van der Waals surface area contributed by atoms with Crippen LogP contribution in [0.2, 0.25) is 0 Å². The molecule has 2 aliphatic rings. The van der Waals surface area contributed by atoms with Gasteiger partial charge in [-0.1, -0.05) is 26.7 Å². The average Bonchev–Trinajstić information content (AvgIpc) is 3.18. The number of rotatable bonds is 7. The van der Waals surface area contributed by atoms with Gasteiger partial charge in [0.2, 0.25) is 0 Å². The number of hydrogen-bond acceptors (Lipinski definition) is 2. The van der Waals surface area contributed by atoms with Gasteiger partial charge in [0.1, 0.15) is 0 Å². The summed E-state index contributed by atoms with van der Waals surface area (Å²) >= 11 is 0. The summed E-state index contributed by atoms with van der Waals surface area (Å²) in [4.78, 5) is 2.73. The summed E-state index contributed by atoms with van der Waals surface area (Å²) in [6.45, 7) is 10.9. The topological polar surface area (TPSA) is 15.3 Å². The van der Waals surface area contributed by atoms with E-state index in [0.29, 0.717) is 0 Å². The van der Waals surface area contributed by atoms with Gasteiger partial charge in [0.05, 0.1) is 0 Å². The van der Waals surface area contributed by atoms with Gasteiger partial charge < -0.3 is 10.2 Å². The first-order valence-electron chi connectivity index (χ1n) is 8.19. The van der Waals surface area contributed by atoms with Crippen LogP contribution in [-0.2, 0) is 0 Å². The molecule has 0 amide bonds. The van der Waals surface area contributed by atoms with Crippen molar-refractivity contribution in [1.82, 2.24) is 10.2 Å². The predicted molar refractivity (Wildman–Crippen MR) is 78.9 cm³/mol. The molecular formula is C16H32N2. The Morgan fingerprint density at radius 2 is 1.94 bits per heavy atom. The van der Waals surface area contributed by atoms with Crippen molar-refractivity contribution in [2.24, 2.45) is 11.8 Å². The monoisotopic (exact) mass is 252 g/mol. The summed E-state index contributed by atoms with van der Waals surface area (Å²) in [5.41, 5.74) is 0. The molecule has 3 atom stereocenters. The van der Waals surface area contributed by atoms with E-state index < -0.39 is 0 Å². The molecule has 2 fully saturated rings. The Morgan fingerprint density at radius 3 is 2.61 bits per heavy atom. The summed E-state index contributed by atoms with van der Waals surface area (Å²) in [5, 5.41) is 3.73. The molecule has 3 unspecified atom stereocenters. The normalized spacial score (nSPS) is 33.8. The molecule has 1 saturated carbocycles. The number of nitrogens with one attached hydrogen (secondary N) is 1. The summed E-state index contributed by atoms with van der Waals surface area (Å²) in [5.74, 6) is 1.90. The van der Waals surface area contributed by atoms with Crippen LogP contribution >= 0.6 is 0 Å². The van der Waals surface area contributed by atoms with Crippen LogP contribution in [0.1, 0.15) is 59.3 Å². The standard InChI is InChI=1S/C16H32N2/c1-4-10-17-16-9-12-18(14(3)13(16)2)11-5-6-15-7-8-15/h13-17H,4-12H2,1-3H3. The Balaban J connectivity index is 1.70. The third kappa shape index (κ3) is 3.96. The van der Waals surface area contributed by atoms with Crippen LogP contribution in [-0.4, -0.2) is 36.6 Å². The first-order chi connectivity index (χ1) is 8.72. The highest BCUT2D eigenvalue weighted by Crippen LogP contribution is 2.34. The van der Waals surface area contributed by atoms with E-state index in [1.54, 1.807) is 0 Å². The van der Waals surface area contributed by atoms with Crippen molar-refractivity contribution in [2.75, 3.05) is 19.6 Å². The van der Waals surface area contributed by atoms with E-state index >= 15 is 0 Å². The first kappa shape index (κ1) is 14.3. The zero-order chi connectivity index (χ0) is 13.0. The fourth-order valence-electron chi connectivity index (χ4n) is 3.36. The summed E-state index contributed by atoms with van der Waals surface area (Å²) in [7, 11) is 0. The van der Waals surface area contributed by atoms with Crippen molar-refractivity contribution in [3.63, 3.8) is 0 Å². The molecule has 2 heteroatoms. The Morgan fingerprint density at radius 1 is 1.17 bits per heavy atom. The van der Waals surface area contributed by atoms with Crippen LogP contribution in [0.25, 0.3) is 0 Å². The fraction of sp³-hybridized carbons (Fsp3) is 1.00. The molecule has 1 aliphatic heterocycles. The molecule has 0 bridgehead atoms. The minimum absolute atomic E-state index is 0.750. The Hall–Kier alpha value is -0.0800. The van der Waals surface area contributed by atoms with Gasteiger partial charge in [0.25, 0.3) is 0 Å². The summed E-state index contributed by atoms with van der Waals surface area (Å²) < 4.78 is 0. The van der Waals surface area contributed by atoms with E-state index in [1.807, 2.05) is 0 Å². The number of likely N-dealkylation sites (tertiary alicyclic amines) is 1. The molecule has 0 aromatic heterocycles. The van der Waals surface area contributed by atoms with E-state index in [1.165, 1.54) is 58.2 Å². The zero-order valence-electron chi connectivity index (χ0n) is 12.6. The molecule has 1 heterocycles. The Bertz CT molecular complexity index is 237. The maximum atomic E-state index is 3.73. The lowest BCUT2D eigenvalue weighted by Gasteiger charge is -2.43. The third-order valence-corrected chi connectivity index (χ3v) is 5.11. The molecule has 18 heavy (non-hydrogen) atoms. The third-order valence-electron chi connectivity index (χ3n) is 5.11. The number of hydrogen-bond donors (Lipinski definition) is 1. The number of piperidine rings is 1. The molecule has 2 rings (SSSR count). The van der Waals surface area contributed by atoms with Crippen molar-refractivity contribution < 1.29 is 0 Å². The van der Waals surface area contributed by atoms with Gasteiger partial charge in [-0.3, -0.25) is 0 Å². The molecule has 2 nitrogen and oxygen atoms in total. The fourth-order valence-corrected chi connectivity index (χ4v) is 3.36. The lowest BCUT2D eigenvalue weighted by Crippen LogP contribution is -2.53. The van der Waals surface area contributed by atoms with Gasteiger partial charge >= 0.3 is 0 Å². The Labute approximate surface area is 114 Å². The molecule has 0 aromatic carbocycles. The maximum Gasteiger partial charge on any atom is 0.0120 e. The predicted octanol–water partition coefficient (Wildman–Crippen LogP) is 3.28. The highest BCUT2D eigenvalue weighted by Gasteiger charge is 2.31. The molecule has 1 aliphatic carbocycles. The van der Waals surface area contributed by atoms with Gasteiger partial charge in [-0.2, -0.15) is 0 Å². The minimum atomic E-state index is 0.750. The first-order valence-corrected chi connectivity index (χ1v) is 8.19. The second kappa shape index (κ2) is 6.91. The maximum absolute atomic E-state index is 3.73. The average molecular weight is 252 g/mol. The minimum Gasteiger partial charge on any atom is -0.314 e. The van der Waals surface area contributed by atoms with Crippen LogP contribution in [0.4, 0.5) is 0 Å². The van der Waals surface area contributed by atoms with E-state index in [0.717, 1.165) is 23.9 Å². The second-order valence-corrected chi connectivity index (χ2v) is 6.57. The van der Waals surface area contributed by atoms with Crippen molar-refractivity contribution in [3.8, 4) is 0 Å². The van der Waals surface area contributed by atoms with Gasteiger partial charge in [0, 0.05) is 12.1 Å². The van der Waals surface area contributed by atoms with Gasteiger partial charge in [-0.15, -0.1) is 0 Å². The molecule has 106 valence electrons. The van der Waals surface area contributed by atoms with Crippen molar-refractivity contribution in [3.05, 3.63) is 0 Å². The molecule has 0 aromatic rings. The van der Waals surface area contributed by atoms with Gasteiger partial charge in [0.15, 0.2) is 0 Å². The lowest BCUT2D eigenvalue weighted by molar-refractivity contribution is 0.0831. The van der Waals surface area contributed by atoms with Crippen LogP contribution in [0.5, 0.6) is 0 Å². The Kier molecular flexibility index (Phi) is 5.50. The van der Waals surface area contributed by atoms with Crippen LogP contribution in [0.3, 0.4) is 0 Å². The second-order valence-electron chi connectivity index (χ2n) is 6.57. The van der Waals surface area contributed by atoms with Crippen LogP contribution in [0, 0.1) is 11.8 Å². The van der Waals surface area contributed by atoms with Gasteiger partial charge in [-0.25, -0.2) is 0 Å². The lowest BCUT2D eigenvalue weighted by atomic mass is 9.86. The molecule has 0 spiro atoms. The van der Waals surface area contributed by atoms with Crippen molar-refractivity contribution in [2.45, 2.75) is 71.4 Å². The quantitative estimate of drug-likeness (QED) is 0.748. The zero-order valence-corrected chi connectivity index (χ0v) is 12.6. The SMILES string of the molecule is CCCNC1CCN(CCCC2CC2)C(C)C1C. The van der Waals surface area contributed by atoms with Crippen LogP contribution < -0.4 is 5.32 Å². The van der Waals surface area contributed by atoms with Gasteiger partial charge in [-0.05, 0) is 64.1 Å². The molecule has 0 radical (unpaired) electrons. The van der Waals surface area contributed by atoms with E-state index in [-0.39, 0.29) is 0 Å². The smallest absolute Gasteiger partial charge is 0.0120 e. The molecule has 1 saturated heterocycles.